The molecule has 0 fully saturated rings. The lowest BCUT2D eigenvalue weighted by Crippen LogP contribution is -2.30. The first-order valence-electron chi connectivity index (χ1n) is 15.1. The van der Waals surface area contributed by atoms with E-state index in [1.807, 2.05) is 78.0 Å². The van der Waals surface area contributed by atoms with Gasteiger partial charge in [0, 0.05) is 64.4 Å². The van der Waals surface area contributed by atoms with Crippen molar-refractivity contribution >= 4 is 20.0 Å². The summed E-state index contributed by atoms with van der Waals surface area (Å²) in [5.74, 6) is 2.98. The van der Waals surface area contributed by atoms with Gasteiger partial charge in [0.2, 0.25) is 0 Å². The minimum Gasteiger partial charge on any atom is -0.497 e. The van der Waals surface area contributed by atoms with Crippen molar-refractivity contribution in [1.29, 1.82) is 0 Å². The van der Waals surface area contributed by atoms with Gasteiger partial charge in [-0.05, 0) is 47.5 Å². The number of hydrogen-bond acceptors (Lipinski definition) is 10. The lowest BCUT2D eigenvalue weighted by Gasteiger charge is -2.21. The maximum absolute atomic E-state index is 13.6. The molecule has 50 heavy (non-hydrogen) atoms. The van der Waals surface area contributed by atoms with Gasteiger partial charge in [-0.1, -0.05) is 24.3 Å². The average molecular weight is 723 g/mol. The molecule has 2 aromatic carbocycles. The van der Waals surface area contributed by atoms with Crippen LogP contribution in [0.3, 0.4) is 0 Å². The first kappa shape index (κ1) is 36.0. The van der Waals surface area contributed by atoms with E-state index in [9.17, 15) is 16.8 Å². The number of aryl methyl sites for hydroxylation is 2. The van der Waals surface area contributed by atoms with Crippen LogP contribution >= 0.6 is 0 Å². The van der Waals surface area contributed by atoms with Crippen LogP contribution in [0.15, 0.2) is 108 Å². The van der Waals surface area contributed by atoms with E-state index in [-0.39, 0.29) is 23.1 Å². The quantitative estimate of drug-likeness (QED) is 0.186. The van der Waals surface area contributed by atoms with Crippen LogP contribution in [0, 0.1) is 0 Å². The Kier molecular flexibility index (Phi) is 11.2. The molecule has 0 spiro atoms. The molecule has 0 saturated heterocycles. The van der Waals surface area contributed by atoms with Crippen LogP contribution in [-0.4, -0.2) is 74.0 Å². The number of hydrogen-bond donors (Lipinski definition) is 1. The van der Waals surface area contributed by atoms with Gasteiger partial charge < -0.3 is 18.6 Å². The fraction of sp³-hybridized carbons (Fsp3) is 0.250. The standard InChI is InChI=1S/C24H27N5O4S.C8H11N5O2S/c1-27-15-13-25-23(27)18-28-14-12-24(26-28)34(30,31)29(16-19-4-8-21(32-2)9-5-19)17-20-6-10-22(33-3)11-7-20;1-12-5-3-10-7(12)6-13-4-2-8(11-13)16(9,14)15/h4-15H,16-18H2,1-3H3;2-5H,6H2,1H3,(H2,9,14,15). The summed E-state index contributed by atoms with van der Waals surface area (Å²) in [7, 11) is -0.690. The van der Waals surface area contributed by atoms with E-state index in [0.717, 1.165) is 22.8 Å². The van der Waals surface area contributed by atoms with Crippen molar-refractivity contribution in [3.05, 3.63) is 121 Å². The molecule has 2 N–H and O–H groups in total. The minimum absolute atomic E-state index is 0.0104. The zero-order valence-electron chi connectivity index (χ0n) is 27.9. The molecule has 4 heterocycles. The molecule has 0 radical (unpaired) electrons. The molecule has 0 atom stereocenters. The van der Waals surface area contributed by atoms with Crippen molar-refractivity contribution in [2.75, 3.05) is 14.2 Å². The number of primary sulfonamides is 1. The zero-order chi connectivity index (χ0) is 35.9. The largest absolute Gasteiger partial charge is 0.497 e. The van der Waals surface area contributed by atoms with Gasteiger partial charge in [0.1, 0.15) is 23.1 Å². The minimum atomic E-state index is -3.89. The highest BCUT2D eigenvalue weighted by molar-refractivity contribution is 7.89. The lowest BCUT2D eigenvalue weighted by atomic mass is 10.2. The van der Waals surface area contributed by atoms with Crippen molar-refractivity contribution in [3.8, 4) is 11.5 Å². The highest BCUT2D eigenvalue weighted by Gasteiger charge is 2.28. The Hall–Kier alpha value is -5.30. The van der Waals surface area contributed by atoms with E-state index >= 15 is 0 Å². The summed E-state index contributed by atoms with van der Waals surface area (Å²) in [6.45, 7) is 1.14. The Morgan fingerprint density at radius 3 is 1.42 bits per heavy atom. The van der Waals surface area contributed by atoms with Crippen molar-refractivity contribution in [2.24, 2.45) is 19.2 Å². The first-order valence-corrected chi connectivity index (χ1v) is 18.1. The molecular formula is C32H38N10O6S2. The van der Waals surface area contributed by atoms with Crippen LogP contribution in [-0.2, 0) is 60.3 Å². The van der Waals surface area contributed by atoms with Crippen molar-refractivity contribution in [3.63, 3.8) is 0 Å². The molecule has 0 saturated carbocycles. The Morgan fingerprint density at radius 2 is 1.06 bits per heavy atom. The van der Waals surface area contributed by atoms with Crippen LogP contribution < -0.4 is 14.6 Å². The molecule has 0 amide bonds. The number of ether oxygens (including phenoxy) is 2. The Labute approximate surface area is 290 Å². The van der Waals surface area contributed by atoms with Gasteiger partial charge in [0.15, 0.2) is 10.1 Å². The fourth-order valence-corrected chi connectivity index (χ4v) is 6.58. The number of sulfonamides is 2. The Bertz CT molecular complexity index is 2170. The maximum Gasteiger partial charge on any atom is 0.262 e. The smallest absolute Gasteiger partial charge is 0.262 e. The molecule has 0 aliphatic carbocycles. The lowest BCUT2D eigenvalue weighted by molar-refractivity contribution is 0.395. The second kappa shape index (κ2) is 15.5. The summed E-state index contributed by atoms with van der Waals surface area (Å²) < 4.78 is 67.9. The van der Waals surface area contributed by atoms with Crippen LogP contribution in [0.5, 0.6) is 11.5 Å². The van der Waals surface area contributed by atoms with Crippen LogP contribution in [0.1, 0.15) is 22.8 Å². The predicted molar refractivity (Wildman–Crippen MR) is 183 cm³/mol. The third-order valence-electron chi connectivity index (χ3n) is 7.61. The molecule has 6 aromatic rings. The number of nitrogens with zero attached hydrogens (tertiary/aromatic N) is 9. The van der Waals surface area contributed by atoms with Crippen LogP contribution in [0.2, 0.25) is 0 Å². The molecule has 0 aliphatic heterocycles. The fourth-order valence-electron chi connectivity index (χ4n) is 4.77. The average Bonchev–Trinajstić information content (AvgIpc) is 3.92. The molecule has 6 rings (SSSR count). The van der Waals surface area contributed by atoms with E-state index in [1.54, 1.807) is 49.9 Å². The molecule has 4 aromatic heterocycles. The number of benzene rings is 2. The van der Waals surface area contributed by atoms with E-state index in [4.69, 9.17) is 14.6 Å². The molecule has 0 bridgehead atoms. The number of imidazole rings is 2. The molecule has 264 valence electrons. The third-order valence-corrected chi connectivity index (χ3v) is 10.1. The summed E-state index contributed by atoms with van der Waals surface area (Å²) in [5, 5.41) is 13.0. The number of nitrogens with two attached hydrogens (primary N) is 1. The van der Waals surface area contributed by atoms with Gasteiger partial charge in [0.05, 0.1) is 27.3 Å². The second-order valence-corrected chi connectivity index (χ2v) is 14.5. The van der Waals surface area contributed by atoms with Crippen molar-refractivity contribution in [1.82, 2.24) is 43.0 Å². The van der Waals surface area contributed by atoms with Gasteiger partial charge >= 0.3 is 0 Å². The van der Waals surface area contributed by atoms with Crippen molar-refractivity contribution in [2.45, 2.75) is 36.2 Å². The highest BCUT2D eigenvalue weighted by Crippen LogP contribution is 2.23. The molecule has 0 unspecified atom stereocenters. The van der Waals surface area contributed by atoms with Gasteiger partial charge in [0.25, 0.3) is 20.0 Å². The first-order chi connectivity index (χ1) is 23.8. The normalized spacial score (nSPS) is 11.7. The number of methoxy groups -OCH3 is 2. The SMILES string of the molecule is COc1ccc(CN(Cc2ccc(OC)cc2)S(=O)(=O)c2ccn(Cc3nccn3C)n2)cc1.Cn1ccnc1Cn1ccc(S(N)(=O)=O)n1. The highest BCUT2D eigenvalue weighted by atomic mass is 32.2. The Balaban J connectivity index is 0.000000253. The third kappa shape index (κ3) is 9.03. The molecule has 0 aliphatic rings. The second-order valence-electron chi connectivity index (χ2n) is 11.1. The van der Waals surface area contributed by atoms with Gasteiger partial charge in [-0.3, -0.25) is 9.36 Å². The molecule has 16 nitrogen and oxygen atoms in total. The van der Waals surface area contributed by atoms with E-state index < -0.39 is 20.0 Å². The topological polar surface area (TPSA) is 187 Å². The number of rotatable bonds is 13. The number of aromatic nitrogens is 8. The monoisotopic (exact) mass is 722 g/mol. The van der Waals surface area contributed by atoms with E-state index in [2.05, 4.69) is 20.2 Å². The molecule has 18 heteroatoms. The van der Waals surface area contributed by atoms with E-state index in [0.29, 0.717) is 24.6 Å². The maximum atomic E-state index is 13.6. The van der Waals surface area contributed by atoms with Gasteiger partial charge in [-0.25, -0.2) is 31.9 Å². The van der Waals surface area contributed by atoms with Crippen LogP contribution in [0.4, 0.5) is 0 Å². The summed E-state index contributed by atoms with van der Waals surface area (Å²) in [4.78, 5) is 8.38. The van der Waals surface area contributed by atoms with Crippen LogP contribution in [0.25, 0.3) is 0 Å². The molecular weight excluding hydrogens is 685 g/mol. The predicted octanol–water partition coefficient (Wildman–Crippen LogP) is 2.39. The van der Waals surface area contributed by atoms with Gasteiger partial charge in [-0.15, -0.1) is 0 Å². The van der Waals surface area contributed by atoms with Gasteiger partial charge in [-0.2, -0.15) is 14.5 Å². The summed E-state index contributed by atoms with van der Waals surface area (Å²) >= 11 is 0. The summed E-state index contributed by atoms with van der Waals surface area (Å²) in [5.41, 5.74) is 1.68. The van der Waals surface area contributed by atoms with E-state index in [1.165, 1.54) is 21.1 Å². The Morgan fingerprint density at radius 1 is 0.640 bits per heavy atom. The zero-order valence-corrected chi connectivity index (χ0v) is 29.6. The summed E-state index contributed by atoms with van der Waals surface area (Å²) in [6.07, 6.45) is 10.2. The van der Waals surface area contributed by atoms with Crippen molar-refractivity contribution < 1.29 is 26.3 Å². The summed E-state index contributed by atoms with van der Waals surface area (Å²) in [6, 6.07) is 17.6.